The average molecular weight is 504 g/mol. The van der Waals surface area contributed by atoms with Crippen LogP contribution in [-0.2, 0) is 17.9 Å². The molecule has 2 N–H and O–H groups in total. The fourth-order valence-electron chi connectivity index (χ4n) is 4.44. The highest BCUT2D eigenvalue weighted by Gasteiger charge is 2.36. The van der Waals surface area contributed by atoms with E-state index in [2.05, 4.69) is 25.5 Å². The first-order valence-corrected chi connectivity index (χ1v) is 12.1. The Balaban J connectivity index is 1.41. The molecule has 0 spiro atoms. The smallest absolute Gasteiger partial charge is 0.258 e. The standard InChI is InChI=1S/C27H29N5O5/c1-17-28-11-19(12-29-17)13-32-14-22-25(15-32)37-21-6-3-18(4-7-21)10-30-26(33)16-36-24-9-20(27(34)31-22)5-8-23(24)35-2/h3-9,11-12,22,25H,10,13-16H2,1-2H3,(H,30,33)(H,31,34)/t22-,25-/m0/s1. The second-order valence-electron chi connectivity index (χ2n) is 9.14. The Labute approximate surface area is 215 Å². The molecule has 2 atom stereocenters. The maximum absolute atomic E-state index is 13.3. The summed E-state index contributed by atoms with van der Waals surface area (Å²) in [5.74, 6) is 1.62. The van der Waals surface area contributed by atoms with Gasteiger partial charge in [-0.1, -0.05) is 12.1 Å². The Morgan fingerprint density at radius 1 is 1.08 bits per heavy atom. The first-order valence-electron chi connectivity index (χ1n) is 12.1. The van der Waals surface area contributed by atoms with Crippen LogP contribution >= 0.6 is 0 Å². The number of nitrogens with zero attached hydrogens (tertiary/aromatic N) is 3. The zero-order chi connectivity index (χ0) is 25.8. The molecule has 3 aromatic rings. The summed E-state index contributed by atoms with van der Waals surface area (Å²) >= 11 is 0. The summed E-state index contributed by atoms with van der Waals surface area (Å²) in [4.78, 5) is 36.4. The van der Waals surface area contributed by atoms with E-state index in [1.165, 1.54) is 7.11 Å². The van der Waals surface area contributed by atoms with Crippen LogP contribution in [0.25, 0.3) is 0 Å². The zero-order valence-electron chi connectivity index (χ0n) is 20.8. The number of rotatable bonds is 3. The van der Waals surface area contributed by atoms with E-state index in [0.717, 1.165) is 17.0 Å². The van der Waals surface area contributed by atoms with Crippen LogP contribution in [0.2, 0.25) is 0 Å². The van der Waals surface area contributed by atoms with Crippen LogP contribution in [0.5, 0.6) is 17.2 Å². The van der Waals surface area contributed by atoms with E-state index >= 15 is 0 Å². The quantitative estimate of drug-likeness (QED) is 0.557. The second-order valence-corrected chi connectivity index (χ2v) is 9.14. The lowest BCUT2D eigenvalue weighted by Gasteiger charge is -2.21. The predicted octanol–water partition coefficient (Wildman–Crippen LogP) is 1.86. The summed E-state index contributed by atoms with van der Waals surface area (Å²) in [7, 11) is 1.51. The number of methoxy groups -OCH3 is 1. The molecule has 1 saturated heterocycles. The maximum Gasteiger partial charge on any atom is 0.258 e. The van der Waals surface area contributed by atoms with Gasteiger partial charge in [-0.2, -0.15) is 0 Å². The number of fused-ring (bicyclic) bond motifs is 7. The molecule has 37 heavy (non-hydrogen) atoms. The van der Waals surface area contributed by atoms with E-state index in [-0.39, 0.29) is 30.6 Å². The number of carbonyl (C=O) groups is 2. The zero-order valence-corrected chi connectivity index (χ0v) is 20.8. The first-order chi connectivity index (χ1) is 18.0. The molecule has 2 amide bonds. The van der Waals surface area contributed by atoms with E-state index in [1.807, 2.05) is 43.6 Å². The third kappa shape index (κ3) is 5.97. The van der Waals surface area contributed by atoms with Crippen molar-refractivity contribution in [2.24, 2.45) is 0 Å². The van der Waals surface area contributed by atoms with Gasteiger partial charge in [0.2, 0.25) is 0 Å². The third-order valence-electron chi connectivity index (χ3n) is 6.38. The van der Waals surface area contributed by atoms with Crippen LogP contribution in [0.1, 0.15) is 27.3 Å². The van der Waals surface area contributed by atoms with Crippen LogP contribution in [0, 0.1) is 6.92 Å². The summed E-state index contributed by atoms with van der Waals surface area (Å²) in [5, 5.41) is 5.97. The number of carbonyl (C=O) groups excluding carboxylic acids is 2. The van der Waals surface area contributed by atoms with E-state index in [9.17, 15) is 9.59 Å². The van der Waals surface area contributed by atoms with Crippen LogP contribution in [0.4, 0.5) is 0 Å². The number of ether oxygens (including phenoxy) is 3. The van der Waals surface area contributed by atoms with Crippen molar-refractivity contribution >= 4 is 11.8 Å². The Bertz CT molecular complexity index is 1270. The Hall–Kier alpha value is -4.18. The number of benzene rings is 2. The molecular formula is C27H29N5O5. The van der Waals surface area contributed by atoms with Gasteiger partial charge in [0.25, 0.3) is 11.8 Å². The van der Waals surface area contributed by atoms with Gasteiger partial charge in [0.15, 0.2) is 18.1 Å². The fraction of sp³-hybridized carbons (Fsp3) is 0.333. The Kier molecular flexibility index (Phi) is 7.18. The van der Waals surface area contributed by atoms with E-state index in [4.69, 9.17) is 14.2 Å². The molecule has 3 aliphatic rings. The van der Waals surface area contributed by atoms with Gasteiger partial charge in [0, 0.05) is 49.7 Å². The van der Waals surface area contributed by atoms with Crippen LogP contribution < -0.4 is 24.8 Å². The molecule has 1 aromatic heterocycles. The molecule has 10 nitrogen and oxygen atoms in total. The van der Waals surface area contributed by atoms with Gasteiger partial charge in [0.05, 0.1) is 13.2 Å². The molecule has 0 unspecified atom stereocenters. The van der Waals surface area contributed by atoms with Crippen molar-refractivity contribution < 1.29 is 23.8 Å². The van der Waals surface area contributed by atoms with Crippen molar-refractivity contribution in [1.82, 2.24) is 25.5 Å². The molecule has 0 aliphatic carbocycles. The molecule has 4 heterocycles. The number of aryl methyl sites for hydroxylation is 1. The van der Waals surface area contributed by atoms with Gasteiger partial charge in [-0.3, -0.25) is 14.5 Å². The molecule has 4 bridgehead atoms. The molecule has 3 aliphatic heterocycles. The average Bonchev–Trinajstić information content (AvgIpc) is 3.27. The lowest BCUT2D eigenvalue weighted by molar-refractivity contribution is -0.123. The van der Waals surface area contributed by atoms with Crippen molar-refractivity contribution in [3.8, 4) is 17.2 Å². The summed E-state index contributed by atoms with van der Waals surface area (Å²) in [6.07, 6.45) is 3.38. The maximum atomic E-state index is 13.3. The number of aromatic nitrogens is 2. The van der Waals surface area contributed by atoms with Gasteiger partial charge >= 0.3 is 0 Å². The van der Waals surface area contributed by atoms with E-state index in [1.54, 1.807) is 18.2 Å². The number of amides is 2. The molecule has 0 saturated carbocycles. The minimum absolute atomic E-state index is 0.203. The van der Waals surface area contributed by atoms with Gasteiger partial charge in [-0.15, -0.1) is 0 Å². The molecule has 10 heteroatoms. The number of likely N-dealkylation sites (tertiary alicyclic amines) is 1. The van der Waals surface area contributed by atoms with Crippen molar-refractivity contribution in [1.29, 1.82) is 0 Å². The SMILES string of the molecule is COc1ccc2cc1OCC(=O)NCc1ccc(cc1)O[C@H]1CN(Cc3cnc(C)nc3)C[C@@H]1NC2=O. The van der Waals surface area contributed by atoms with Crippen molar-refractivity contribution in [2.75, 3.05) is 26.8 Å². The molecule has 192 valence electrons. The highest BCUT2D eigenvalue weighted by atomic mass is 16.5. The van der Waals surface area contributed by atoms with Gasteiger partial charge < -0.3 is 24.8 Å². The monoisotopic (exact) mass is 503 g/mol. The minimum atomic E-state index is -0.282. The lowest BCUT2D eigenvalue weighted by Crippen LogP contribution is -2.45. The highest BCUT2D eigenvalue weighted by molar-refractivity contribution is 5.95. The van der Waals surface area contributed by atoms with Gasteiger partial charge in [-0.05, 0) is 42.8 Å². The summed E-state index contributed by atoms with van der Waals surface area (Å²) in [5.41, 5.74) is 2.32. The second kappa shape index (κ2) is 10.8. The normalized spacial score (nSPS) is 20.2. The first kappa shape index (κ1) is 24.5. The molecular weight excluding hydrogens is 474 g/mol. The van der Waals surface area contributed by atoms with Crippen LogP contribution in [-0.4, -0.2) is 65.6 Å². The van der Waals surface area contributed by atoms with E-state index < -0.39 is 0 Å². The molecule has 0 radical (unpaired) electrons. The molecule has 6 rings (SSSR count). The minimum Gasteiger partial charge on any atom is -0.493 e. The summed E-state index contributed by atoms with van der Waals surface area (Å²) in [6.45, 7) is 3.87. The lowest BCUT2D eigenvalue weighted by atomic mass is 10.1. The van der Waals surface area contributed by atoms with Crippen LogP contribution in [0.3, 0.4) is 0 Å². The third-order valence-corrected chi connectivity index (χ3v) is 6.38. The Morgan fingerprint density at radius 2 is 1.86 bits per heavy atom. The van der Waals surface area contributed by atoms with Crippen molar-refractivity contribution in [3.63, 3.8) is 0 Å². The van der Waals surface area contributed by atoms with E-state index in [0.29, 0.717) is 49.0 Å². The number of hydrogen-bond donors (Lipinski definition) is 2. The topological polar surface area (TPSA) is 115 Å². The highest BCUT2D eigenvalue weighted by Crippen LogP contribution is 2.29. The molecule has 2 aromatic carbocycles. The molecule has 1 fully saturated rings. The van der Waals surface area contributed by atoms with Crippen LogP contribution in [0.15, 0.2) is 54.9 Å². The van der Waals surface area contributed by atoms with Gasteiger partial charge in [-0.25, -0.2) is 9.97 Å². The fourth-order valence-corrected chi connectivity index (χ4v) is 4.44. The van der Waals surface area contributed by atoms with Crippen molar-refractivity contribution in [2.45, 2.75) is 32.2 Å². The number of nitrogens with one attached hydrogen (secondary N) is 2. The van der Waals surface area contributed by atoms with Gasteiger partial charge in [0.1, 0.15) is 17.7 Å². The largest absolute Gasteiger partial charge is 0.493 e. The Morgan fingerprint density at radius 3 is 2.62 bits per heavy atom. The summed E-state index contributed by atoms with van der Waals surface area (Å²) < 4.78 is 17.4. The number of hydrogen-bond acceptors (Lipinski definition) is 8. The summed E-state index contributed by atoms with van der Waals surface area (Å²) in [6, 6.07) is 12.2. The van der Waals surface area contributed by atoms with Crippen molar-refractivity contribution in [3.05, 3.63) is 77.4 Å². The predicted molar refractivity (Wildman–Crippen MR) is 134 cm³/mol.